The fourth-order valence-corrected chi connectivity index (χ4v) is 5.89. The Labute approximate surface area is 201 Å². The smallest absolute Gasteiger partial charge is 0.255 e. The number of amides is 1. The number of hydrogen-bond acceptors (Lipinski definition) is 6. The van der Waals surface area contributed by atoms with E-state index in [1.54, 1.807) is 24.3 Å². The summed E-state index contributed by atoms with van der Waals surface area (Å²) in [5, 5.41) is 3.62. The summed E-state index contributed by atoms with van der Waals surface area (Å²) in [7, 11) is -3.67. The van der Waals surface area contributed by atoms with Gasteiger partial charge >= 0.3 is 0 Å². The van der Waals surface area contributed by atoms with Crippen molar-refractivity contribution >= 4 is 44.4 Å². The molecule has 1 aromatic heterocycles. The highest BCUT2D eigenvalue weighted by Crippen LogP contribution is 2.28. The molecule has 2 N–H and O–H groups in total. The highest BCUT2D eigenvalue weighted by Gasteiger charge is 2.26. The Balaban J connectivity index is 1.26. The van der Waals surface area contributed by atoms with Crippen molar-refractivity contribution in [1.82, 2.24) is 14.3 Å². The van der Waals surface area contributed by atoms with Crippen molar-refractivity contribution in [2.75, 3.05) is 31.6 Å². The summed E-state index contributed by atoms with van der Waals surface area (Å²) in [6.07, 6.45) is 0. The maximum atomic E-state index is 12.9. The molecule has 0 radical (unpaired) electrons. The zero-order valence-electron chi connectivity index (χ0n) is 18.1. The molecule has 5 rings (SSSR count). The number of aromatic nitrogens is 2. The average molecular weight is 495 g/mol. The minimum absolute atomic E-state index is 0.0969. The lowest BCUT2D eigenvalue weighted by molar-refractivity contribution is 0.0730. The molecule has 0 unspecified atom stereocenters. The zero-order valence-corrected chi connectivity index (χ0v) is 19.7. The van der Waals surface area contributed by atoms with Crippen molar-refractivity contribution in [2.24, 2.45) is 0 Å². The van der Waals surface area contributed by atoms with Crippen LogP contribution in [0.1, 0.15) is 10.4 Å². The first kappa shape index (κ1) is 22.6. The van der Waals surface area contributed by atoms with Crippen LogP contribution < -0.4 is 5.32 Å². The molecule has 8 nitrogen and oxygen atoms in total. The van der Waals surface area contributed by atoms with Gasteiger partial charge in [0.25, 0.3) is 5.91 Å². The Hall–Kier alpha value is -3.18. The molecule has 0 aliphatic carbocycles. The summed E-state index contributed by atoms with van der Waals surface area (Å²) >= 11 is 1.50. The predicted octanol–water partition coefficient (Wildman–Crippen LogP) is 3.99. The van der Waals surface area contributed by atoms with Crippen LogP contribution in [-0.4, -0.2) is 54.9 Å². The van der Waals surface area contributed by atoms with Crippen LogP contribution >= 0.6 is 11.8 Å². The van der Waals surface area contributed by atoms with E-state index in [4.69, 9.17) is 4.74 Å². The zero-order chi connectivity index (χ0) is 23.5. The van der Waals surface area contributed by atoms with Gasteiger partial charge in [-0.1, -0.05) is 30.0 Å². The molecular formula is C24H22N4O4S2. The fraction of sp³-hybridized carbons (Fsp3) is 0.167. The van der Waals surface area contributed by atoms with E-state index in [-0.39, 0.29) is 16.4 Å². The molecule has 1 aliphatic heterocycles. The van der Waals surface area contributed by atoms with Gasteiger partial charge in [-0.15, -0.1) is 0 Å². The maximum absolute atomic E-state index is 12.9. The van der Waals surface area contributed by atoms with Gasteiger partial charge in [-0.05, 0) is 54.6 Å². The summed E-state index contributed by atoms with van der Waals surface area (Å²) in [5.74, 6) is -0.378. The second-order valence-electron chi connectivity index (χ2n) is 7.68. The van der Waals surface area contributed by atoms with Gasteiger partial charge in [-0.25, -0.2) is 13.4 Å². The number of sulfonamides is 1. The summed E-state index contributed by atoms with van der Waals surface area (Å²) in [5.41, 5.74) is 2.77. The van der Waals surface area contributed by atoms with E-state index in [1.807, 2.05) is 36.4 Å². The van der Waals surface area contributed by atoms with Crippen LogP contribution in [0.25, 0.3) is 11.0 Å². The lowest BCUT2D eigenvalue weighted by Gasteiger charge is -2.26. The van der Waals surface area contributed by atoms with E-state index in [0.29, 0.717) is 32.0 Å². The Morgan fingerprint density at radius 2 is 1.76 bits per heavy atom. The van der Waals surface area contributed by atoms with Gasteiger partial charge in [-0.2, -0.15) is 4.31 Å². The third kappa shape index (κ3) is 4.85. The minimum Gasteiger partial charge on any atom is -0.379 e. The number of aromatic amines is 1. The molecule has 0 bridgehead atoms. The lowest BCUT2D eigenvalue weighted by atomic mass is 10.2. The van der Waals surface area contributed by atoms with E-state index in [0.717, 1.165) is 21.1 Å². The largest absolute Gasteiger partial charge is 0.379 e. The molecule has 0 saturated carbocycles. The van der Waals surface area contributed by atoms with Crippen molar-refractivity contribution in [3.63, 3.8) is 0 Å². The maximum Gasteiger partial charge on any atom is 0.255 e. The number of H-pyrrole nitrogens is 1. The number of anilines is 1. The standard InChI is InChI=1S/C24H22N4O4S2/c29-23(17-4-3-5-20(16-17)34(30,31)28-12-14-32-15-13-28)25-18-8-10-19(11-9-18)33-24-26-21-6-1-2-7-22(21)27-24/h1-11,16H,12-15H2,(H,25,29)(H,26,27). The molecule has 1 aliphatic rings. The summed E-state index contributed by atoms with van der Waals surface area (Å²) in [4.78, 5) is 21.7. The van der Waals surface area contributed by atoms with Crippen LogP contribution in [0.5, 0.6) is 0 Å². The normalized spacial score (nSPS) is 14.8. The monoisotopic (exact) mass is 494 g/mol. The molecule has 174 valence electrons. The molecule has 4 aromatic rings. The average Bonchev–Trinajstić information content (AvgIpc) is 3.28. The summed E-state index contributed by atoms with van der Waals surface area (Å²) < 4.78 is 32.4. The minimum atomic E-state index is -3.67. The SMILES string of the molecule is O=C(Nc1ccc(Sc2nc3ccccc3[nH]2)cc1)c1cccc(S(=O)(=O)N2CCOCC2)c1. The molecule has 3 aromatic carbocycles. The van der Waals surface area contributed by atoms with Crippen LogP contribution in [0.2, 0.25) is 0 Å². The second kappa shape index (κ2) is 9.59. The Morgan fingerprint density at radius 1 is 1.00 bits per heavy atom. The van der Waals surface area contributed by atoms with Gasteiger partial charge in [-0.3, -0.25) is 4.79 Å². The number of para-hydroxylation sites is 2. The van der Waals surface area contributed by atoms with E-state index in [9.17, 15) is 13.2 Å². The van der Waals surface area contributed by atoms with Crippen LogP contribution in [0, 0.1) is 0 Å². The number of nitrogens with one attached hydrogen (secondary N) is 2. The van der Waals surface area contributed by atoms with E-state index < -0.39 is 10.0 Å². The third-order valence-electron chi connectivity index (χ3n) is 5.40. The van der Waals surface area contributed by atoms with Crippen molar-refractivity contribution in [3.8, 4) is 0 Å². The number of rotatable bonds is 6. The lowest BCUT2D eigenvalue weighted by Crippen LogP contribution is -2.40. The molecule has 0 spiro atoms. The van der Waals surface area contributed by atoms with Gasteiger partial charge in [0.2, 0.25) is 10.0 Å². The number of hydrogen-bond donors (Lipinski definition) is 2. The number of ether oxygens (including phenoxy) is 1. The topological polar surface area (TPSA) is 104 Å². The molecule has 2 heterocycles. The number of morpholine rings is 1. The van der Waals surface area contributed by atoms with Crippen LogP contribution in [-0.2, 0) is 14.8 Å². The van der Waals surface area contributed by atoms with Crippen LogP contribution in [0.3, 0.4) is 0 Å². The first-order chi connectivity index (χ1) is 16.5. The highest BCUT2D eigenvalue weighted by atomic mass is 32.2. The van der Waals surface area contributed by atoms with Crippen LogP contribution in [0.4, 0.5) is 5.69 Å². The molecular weight excluding hydrogens is 472 g/mol. The molecule has 0 atom stereocenters. The van der Waals surface area contributed by atoms with Gasteiger partial charge in [0, 0.05) is 29.2 Å². The summed E-state index contributed by atoms with van der Waals surface area (Å²) in [6, 6.07) is 21.3. The number of imidazole rings is 1. The Bertz CT molecular complexity index is 1400. The fourth-order valence-electron chi connectivity index (χ4n) is 3.63. The number of carbonyl (C=O) groups is 1. The molecule has 1 amide bonds. The molecule has 34 heavy (non-hydrogen) atoms. The van der Waals surface area contributed by atoms with Crippen molar-refractivity contribution in [2.45, 2.75) is 14.9 Å². The quantitative estimate of drug-likeness (QED) is 0.420. The Kier molecular flexibility index (Phi) is 6.38. The second-order valence-corrected chi connectivity index (χ2v) is 10.7. The van der Waals surface area contributed by atoms with Gasteiger partial charge < -0.3 is 15.0 Å². The molecule has 1 fully saturated rings. The van der Waals surface area contributed by atoms with Crippen molar-refractivity contribution in [3.05, 3.63) is 78.4 Å². The highest BCUT2D eigenvalue weighted by molar-refractivity contribution is 7.99. The van der Waals surface area contributed by atoms with Gasteiger partial charge in [0.1, 0.15) is 0 Å². The van der Waals surface area contributed by atoms with Crippen molar-refractivity contribution < 1.29 is 17.9 Å². The van der Waals surface area contributed by atoms with Crippen molar-refractivity contribution in [1.29, 1.82) is 0 Å². The Morgan fingerprint density at radius 3 is 2.53 bits per heavy atom. The number of fused-ring (bicyclic) bond motifs is 1. The number of carbonyl (C=O) groups excluding carboxylic acids is 1. The van der Waals surface area contributed by atoms with Crippen LogP contribution in [0.15, 0.2) is 87.7 Å². The van der Waals surface area contributed by atoms with Gasteiger partial charge in [0.05, 0.1) is 29.1 Å². The number of nitrogens with zero attached hydrogens (tertiary/aromatic N) is 2. The molecule has 1 saturated heterocycles. The number of benzene rings is 3. The predicted molar refractivity (Wildman–Crippen MR) is 131 cm³/mol. The third-order valence-corrected chi connectivity index (χ3v) is 8.19. The summed E-state index contributed by atoms with van der Waals surface area (Å²) in [6.45, 7) is 1.34. The molecule has 10 heteroatoms. The first-order valence-electron chi connectivity index (χ1n) is 10.7. The van der Waals surface area contributed by atoms with Gasteiger partial charge in [0.15, 0.2) is 5.16 Å². The van der Waals surface area contributed by atoms with E-state index in [1.165, 1.54) is 28.2 Å². The van der Waals surface area contributed by atoms with E-state index in [2.05, 4.69) is 15.3 Å². The first-order valence-corrected chi connectivity index (χ1v) is 13.0. The van der Waals surface area contributed by atoms with E-state index >= 15 is 0 Å².